The van der Waals surface area contributed by atoms with Crippen molar-refractivity contribution in [2.75, 3.05) is 0 Å². The van der Waals surface area contributed by atoms with Crippen LogP contribution in [0.1, 0.15) is 10.4 Å². The molecule has 1 N–H and O–H groups in total. The van der Waals surface area contributed by atoms with E-state index < -0.39 is 5.97 Å². The summed E-state index contributed by atoms with van der Waals surface area (Å²) in [5.41, 5.74) is 0.239. The van der Waals surface area contributed by atoms with Crippen molar-refractivity contribution in [3.63, 3.8) is 0 Å². The van der Waals surface area contributed by atoms with Crippen LogP contribution in [0.15, 0.2) is 41.2 Å². The van der Waals surface area contributed by atoms with E-state index in [-0.39, 0.29) is 11.3 Å². The molecule has 0 saturated carbocycles. The van der Waals surface area contributed by atoms with Gasteiger partial charge in [-0.05, 0) is 24.3 Å². The lowest BCUT2D eigenvalue weighted by Crippen LogP contribution is -2.06. The molecule has 0 spiro atoms. The van der Waals surface area contributed by atoms with Gasteiger partial charge in [0.2, 0.25) is 0 Å². The maximum atomic E-state index is 11.4. The molecule has 76 valence electrons. The summed E-state index contributed by atoms with van der Waals surface area (Å²) in [4.78, 5) is 11.4. The highest BCUT2D eigenvalue weighted by Crippen LogP contribution is 2.17. The number of carbonyl (C=O) groups is 1. The van der Waals surface area contributed by atoms with Crippen molar-refractivity contribution in [3.05, 3.63) is 42.3 Å². The molecule has 1 aromatic carbocycles. The second kappa shape index (κ2) is 3.83. The number of phenols is 1. The predicted molar refractivity (Wildman–Crippen MR) is 49.6 cm³/mol. The highest BCUT2D eigenvalue weighted by Gasteiger charge is 2.10. The Hall–Kier alpha value is -2.30. The van der Waals surface area contributed by atoms with E-state index in [1.807, 2.05) is 0 Å². The zero-order valence-corrected chi connectivity index (χ0v) is 7.58. The molecule has 0 aliphatic rings. The zero-order valence-electron chi connectivity index (χ0n) is 7.58. The fourth-order valence-electron chi connectivity index (χ4n) is 0.986. The monoisotopic (exact) mass is 205 g/mol. The van der Waals surface area contributed by atoms with Crippen LogP contribution in [-0.4, -0.2) is 16.2 Å². The van der Waals surface area contributed by atoms with E-state index in [0.29, 0.717) is 5.75 Å². The van der Waals surface area contributed by atoms with Crippen LogP contribution in [0, 0.1) is 0 Å². The number of nitrogens with zero attached hydrogens (tertiary/aromatic N) is 1. The average Bonchev–Trinajstić information content (AvgIpc) is 2.74. The van der Waals surface area contributed by atoms with Crippen molar-refractivity contribution >= 4 is 5.97 Å². The molecular formula is C10H7NO4. The number of aromatic hydroxyl groups is 1. The fourth-order valence-corrected chi connectivity index (χ4v) is 0.986. The first kappa shape index (κ1) is 9.26. The van der Waals surface area contributed by atoms with Gasteiger partial charge in [-0.15, -0.1) is 0 Å². The first-order chi connectivity index (χ1) is 7.25. The topological polar surface area (TPSA) is 72.6 Å². The molecule has 0 saturated heterocycles. The van der Waals surface area contributed by atoms with Gasteiger partial charge in [0.25, 0.3) is 0 Å². The van der Waals surface area contributed by atoms with Crippen LogP contribution >= 0.6 is 0 Å². The number of aromatic nitrogens is 1. The molecule has 0 bridgehead atoms. The van der Waals surface area contributed by atoms with Crippen molar-refractivity contribution in [2.45, 2.75) is 0 Å². The Kier molecular flexibility index (Phi) is 2.37. The molecule has 0 aliphatic heterocycles. The number of ether oxygens (including phenoxy) is 1. The summed E-state index contributed by atoms with van der Waals surface area (Å²) in [6.07, 6.45) is 2.46. The van der Waals surface area contributed by atoms with Gasteiger partial charge in [-0.25, -0.2) is 4.79 Å². The number of phenolic OH excluding ortho intramolecular Hbond substituents is 1. The Bertz CT molecular complexity index is 447. The number of rotatable bonds is 2. The van der Waals surface area contributed by atoms with Crippen molar-refractivity contribution < 1.29 is 19.2 Å². The van der Waals surface area contributed by atoms with Crippen molar-refractivity contribution in [2.24, 2.45) is 0 Å². The molecular weight excluding hydrogens is 198 g/mol. The number of hydrogen-bond donors (Lipinski definition) is 1. The zero-order chi connectivity index (χ0) is 10.7. The molecule has 0 aliphatic carbocycles. The minimum absolute atomic E-state index is 0.111. The van der Waals surface area contributed by atoms with E-state index in [2.05, 4.69) is 9.68 Å². The normalized spacial score (nSPS) is 9.87. The Balaban J connectivity index is 2.09. The second-order valence-corrected chi connectivity index (χ2v) is 2.80. The summed E-state index contributed by atoms with van der Waals surface area (Å²) in [5.74, 6) is -0.0966. The Morgan fingerprint density at radius 3 is 2.67 bits per heavy atom. The van der Waals surface area contributed by atoms with Crippen molar-refractivity contribution in [1.82, 2.24) is 5.16 Å². The summed E-state index contributed by atoms with van der Waals surface area (Å²) < 4.78 is 9.47. The molecule has 5 nitrogen and oxygen atoms in total. The van der Waals surface area contributed by atoms with E-state index in [0.717, 1.165) is 0 Å². The fraction of sp³-hybridized carbons (Fsp3) is 0. The molecule has 0 atom stereocenters. The highest BCUT2D eigenvalue weighted by atomic mass is 16.5. The average molecular weight is 205 g/mol. The summed E-state index contributed by atoms with van der Waals surface area (Å²) in [7, 11) is 0. The van der Waals surface area contributed by atoms with E-state index in [1.54, 1.807) is 0 Å². The molecule has 2 aromatic rings. The first-order valence-corrected chi connectivity index (χ1v) is 4.16. The van der Waals surface area contributed by atoms with Crippen LogP contribution in [0.4, 0.5) is 0 Å². The third kappa shape index (κ3) is 2.14. The Labute approximate surface area is 84.9 Å². The number of carbonyl (C=O) groups excluding carboxylic acids is 1. The van der Waals surface area contributed by atoms with Crippen LogP contribution < -0.4 is 4.74 Å². The largest absolute Gasteiger partial charge is 0.508 e. The summed E-state index contributed by atoms with van der Waals surface area (Å²) in [5, 5.41) is 12.4. The quantitative estimate of drug-likeness (QED) is 0.595. The molecule has 0 radical (unpaired) electrons. The third-order valence-corrected chi connectivity index (χ3v) is 1.72. The van der Waals surface area contributed by atoms with Crippen LogP contribution in [0.3, 0.4) is 0 Å². The number of esters is 1. The highest BCUT2D eigenvalue weighted by molar-refractivity contribution is 5.90. The number of hydrogen-bond acceptors (Lipinski definition) is 5. The van der Waals surface area contributed by atoms with Crippen LogP contribution in [0.5, 0.6) is 11.5 Å². The summed E-state index contributed by atoms with van der Waals surface area (Å²) in [6.45, 7) is 0. The van der Waals surface area contributed by atoms with Crippen LogP contribution in [0.2, 0.25) is 0 Å². The molecule has 1 heterocycles. The van der Waals surface area contributed by atoms with Gasteiger partial charge in [-0.1, -0.05) is 5.16 Å². The van der Waals surface area contributed by atoms with E-state index in [1.165, 1.54) is 36.7 Å². The van der Waals surface area contributed by atoms with Gasteiger partial charge in [0.1, 0.15) is 23.3 Å². The first-order valence-electron chi connectivity index (χ1n) is 4.16. The van der Waals surface area contributed by atoms with E-state index in [9.17, 15) is 4.79 Å². The van der Waals surface area contributed by atoms with Gasteiger partial charge in [0.05, 0.1) is 6.20 Å². The minimum atomic E-state index is -0.554. The van der Waals surface area contributed by atoms with Gasteiger partial charge in [-0.3, -0.25) is 0 Å². The molecule has 15 heavy (non-hydrogen) atoms. The van der Waals surface area contributed by atoms with E-state index >= 15 is 0 Å². The van der Waals surface area contributed by atoms with Crippen molar-refractivity contribution in [1.29, 1.82) is 0 Å². The molecule has 0 unspecified atom stereocenters. The molecule has 5 heteroatoms. The SMILES string of the molecule is O=C(Oc1ccc(O)cc1)c1cnoc1. The summed E-state index contributed by atoms with van der Waals surface area (Å²) >= 11 is 0. The maximum absolute atomic E-state index is 11.4. The molecule has 0 amide bonds. The standard InChI is InChI=1S/C10H7NO4/c12-8-1-3-9(4-2-8)15-10(13)7-5-11-14-6-7/h1-6,12H. The van der Waals surface area contributed by atoms with Gasteiger partial charge in [0, 0.05) is 0 Å². The minimum Gasteiger partial charge on any atom is -0.508 e. The second-order valence-electron chi connectivity index (χ2n) is 2.80. The van der Waals surface area contributed by atoms with Gasteiger partial charge in [-0.2, -0.15) is 0 Å². The van der Waals surface area contributed by atoms with Crippen LogP contribution in [-0.2, 0) is 0 Å². The van der Waals surface area contributed by atoms with Gasteiger partial charge in [0.15, 0.2) is 0 Å². The van der Waals surface area contributed by atoms with E-state index in [4.69, 9.17) is 9.84 Å². The van der Waals surface area contributed by atoms with Gasteiger partial charge >= 0.3 is 5.97 Å². The molecule has 1 aromatic heterocycles. The maximum Gasteiger partial charge on any atom is 0.348 e. The smallest absolute Gasteiger partial charge is 0.348 e. The third-order valence-electron chi connectivity index (χ3n) is 1.72. The Morgan fingerprint density at radius 1 is 1.33 bits per heavy atom. The predicted octanol–water partition coefficient (Wildman–Crippen LogP) is 1.60. The lowest BCUT2D eigenvalue weighted by Gasteiger charge is -2.01. The lowest BCUT2D eigenvalue weighted by molar-refractivity contribution is 0.0734. The van der Waals surface area contributed by atoms with Crippen molar-refractivity contribution in [3.8, 4) is 11.5 Å². The summed E-state index contributed by atoms with van der Waals surface area (Å²) in [6, 6.07) is 5.83. The lowest BCUT2D eigenvalue weighted by atomic mass is 10.3. The molecule has 2 rings (SSSR count). The van der Waals surface area contributed by atoms with Crippen LogP contribution in [0.25, 0.3) is 0 Å². The van der Waals surface area contributed by atoms with Gasteiger partial charge < -0.3 is 14.4 Å². The molecule has 0 fully saturated rings. The number of benzene rings is 1. The Morgan fingerprint density at radius 2 is 2.07 bits per heavy atom.